The van der Waals surface area contributed by atoms with E-state index in [1.54, 1.807) is 31.3 Å². The van der Waals surface area contributed by atoms with Gasteiger partial charge in [-0.05, 0) is 17.5 Å². The van der Waals surface area contributed by atoms with Crippen LogP contribution in [0.5, 0.6) is 11.5 Å². The first-order valence-corrected chi connectivity index (χ1v) is 11.3. The number of anilines is 1. The molecule has 186 valence electrons. The third kappa shape index (κ3) is 6.87. The molecule has 0 bridgehead atoms. The lowest BCUT2D eigenvalue weighted by Crippen LogP contribution is -2.39. The third-order valence-corrected chi connectivity index (χ3v) is 5.42. The molecular weight excluding hydrogens is 458 g/mol. The van der Waals surface area contributed by atoms with Crippen molar-refractivity contribution in [1.82, 2.24) is 0 Å². The summed E-state index contributed by atoms with van der Waals surface area (Å²) in [5, 5.41) is 0.435. The molecule has 0 heterocycles. The van der Waals surface area contributed by atoms with Gasteiger partial charge in [-0.1, -0.05) is 50.6 Å². The molecule has 1 atom stereocenters. The van der Waals surface area contributed by atoms with Crippen molar-refractivity contribution in [2.24, 2.45) is 5.41 Å². The second kappa shape index (κ2) is 12.1. The van der Waals surface area contributed by atoms with E-state index in [-0.39, 0.29) is 24.2 Å². The predicted octanol–water partition coefficient (Wildman–Crippen LogP) is 5.43. The van der Waals surface area contributed by atoms with Gasteiger partial charge in [0.05, 0.1) is 33.4 Å². The maximum atomic E-state index is 13.5. The Balaban J connectivity index is 2.74. The molecule has 0 aliphatic heterocycles. The van der Waals surface area contributed by atoms with Crippen molar-refractivity contribution in [2.75, 3.05) is 39.9 Å². The molecule has 0 radical (unpaired) electrons. The zero-order valence-electron chi connectivity index (χ0n) is 20.9. The van der Waals surface area contributed by atoms with Gasteiger partial charge in [-0.2, -0.15) is 0 Å². The Morgan fingerprint density at radius 3 is 2.15 bits per heavy atom. The second-order valence-corrected chi connectivity index (χ2v) is 9.46. The minimum atomic E-state index is -0.602. The normalized spacial score (nSPS) is 12.1. The summed E-state index contributed by atoms with van der Waals surface area (Å²) in [6.45, 7) is 6.47. The van der Waals surface area contributed by atoms with Gasteiger partial charge in [-0.3, -0.25) is 9.59 Å². The molecule has 0 N–H and O–H groups in total. The highest BCUT2D eigenvalue weighted by atomic mass is 35.5. The summed E-state index contributed by atoms with van der Waals surface area (Å²) in [6.07, 6.45) is -0.642. The van der Waals surface area contributed by atoms with Crippen molar-refractivity contribution in [1.29, 1.82) is 0 Å². The predicted molar refractivity (Wildman–Crippen MR) is 133 cm³/mol. The Kier molecular flexibility index (Phi) is 9.77. The van der Waals surface area contributed by atoms with Gasteiger partial charge in [-0.15, -0.1) is 0 Å². The van der Waals surface area contributed by atoms with Crippen LogP contribution >= 0.6 is 11.6 Å². The van der Waals surface area contributed by atoms with E-state index in [1.807, 2.05) is 45.0 Å². The number of ether oxygens (including phenoxy) is 4. The van der Waals surface area contributed by atoms with Crippen LogP contribution in [0.4, 0.5) is 5.69 Å². The highest BCUT2D eigenvalue weighted by Crippen LogP contribution is 2.44. The molecule has 8 heteroatoms. The van der Waals surface area contributed by atoms with Crippen LogP contribution in [-0.4, -0.2) is 46.9 Å². The number of benzene rings is 2. The monoisotopic (exact) mass is 491 g/mol. The summed E-state index contributed by atoms with van der Waals surface area (Å²) >= 11 is 6.47. The Bertz CT molecular complexity index is 1000. The zero-order valence-corrected chi connectivity index (χ0v) is 21.7. The van der Waals surface area contributed by atoms with Gasteiger partial charge < -0.3 is 23.8 Å². The van der Waals surface area contributed by atoms with Crippen LogP contribution in [0.1, 0.15) is 50.8 Å². The summed E-state index contributed by atoms with van der Waals surface area (Å²) in [5.41, 5.74) is 1.70. The molecule has 34 heavy (non-hydrogen) atoms. The van der Waals surface area contributed by atoms with Gasteiger partial charge in [0.2, 0.25) is 5.91 Å². The molecule has 0 saturated carbocycles. The van der Waals surface area contributed by atoms with E-state index in [4.69, 9.17) is 30.5 Å². The molecule has 2 aromatic carbocycles. The van der Waals surface area contributed by atoms with E-state index >= 15 is 0 Å². The number of amides is 1. The number of carbonyl (C=O) groups is 2. The van der Waals surface area contributed by atoms with Crippen molar-refractivity contribution >= 4 is 29.2 Å². The fourth-order valence-corrected chi connectivity index (χ4v) is 3.97. The summed E-state index contributed by atoms with van der Waals surface area (Å²) in [4.78, 5) is 26.9. The average Bonchev–Trinajstić information content (AvgIpc) is 2.80. The van der Waals surface area contributed by atoms with Gasteiger partial charge in [0.1, 0.15) is 17.6 Å². The van der Waals surface area contributed by atoms with Gasteiger partial charge in [0, 0.05) is 42.3 Å². The van der Waals surface area contributed by atoms with Crippen molar-refractivity contribution in [3.8, 4) is 11.5 Å². The van der Waals surface area contributed by atoms with E-state index in [2.05, 4.69) is 0 Å². The number of nitrogens with zero attached hydrogens (tertiary/aromatic N) is 1. The number of halogens is 1. The van der Waals surface area contributed by atoms with Gasteiger partial charge in [-0.25, -0.2) is 0 Å². The molecule has 1 unspecified atom stereocenters. The van der Waals surface area contributed by atoms with Crippen LogP contribution in [0.2, 0.25) is 5.02 Å². The Labute approximate surface area is 206 Å². The van der Waals surface area contributed by atoms with Crippen molar-refractivity contribution < 1.29 is 28.5 Å². The van der Waals surface area contributed by atoms with E-state index in [9.17, 15) is 9.59 Å². The highest BCUT2D eigenvalue weighted by Gasteiger charge is 2.32. The molecular formula is C26H34ClNO6. The smallest absolute Gasteiger partial charge is 0.306 e. The molecule has 0 spiro atoms. The first kappa shape index (κ1) is 27.5. The minimum absolute atomic E-state index is 0.0136. The summed E-state index contributed by atoms with van der Waals surface area (Å²) in [7, 11) is 6.00. The van der Waals surface area contributed by atoms with Crippen LogP contribution in [0.25, 0.3) is 0 Å². The van der Waals surface area contributed by atoms with E-state index in [1.165, 1.54) is 14.2 Å². The van der Waals surface area contributed by atoms with Crippen molar-refractivity contribution in [3.05, 3.63) is 52.5 Å². The van der Waals surface area contributed by atoms with Gasteiger partial charge in [0.15, 0.2) is 0 Å². The molecule has 2 rings (SSSR count). The van der Waals surface area contributed by atoms with Gasteiger partial charge in [0.25, 0.3) is 0 Å². The number of para-hydroxylation sites is 1. The molecule has 0 saturated heterocycles. The quantitative estimate of drug-likeness (QED) is 0.413. The lowest BCUT2D eigenvalue weighted by molar-refractivity contribution is -0.141. The number of rotatable bonds is 10. The van der Waals surface area contributed by atoms with Crippen LogP contribution in [-0.2, 0) is 19.1 Å². The molecule has 0 aliphatic carbocycles. The molecule has 7 nitrogen and oxygen atoms in total. The first-order chi connectivity index (χ1) is 16.1. The fraction of sp³-hybridized carbons (Fsp3) is 0.462. The number of hydrogen-bond acceptors (Lipinski definition) is 6. The van der Waals surface area contributed by atoms with Crippen LogP contribution < -0.4 is 14.4 Å². The topological polar surface area (TPSA) is 74.3 Å². The first-order valence-electron chi connectivity index (χ1n) is 11.0. The highest BCUT2D eigenvalue weighted by molar-refractivity contribution is 6.31. The van der Waals surface area contributed by atoms with Gasteiger partial charge >= 0.3 is 5.97 Å². The number of esters is 1. The number of hydrogen-bond donors (Lipinski definition) is 0. The minimum Gasteiger partial charge on any atom is -0.496 e. The molecule has 2 aromatic rings. The Hall–Kier alpha value is -2.77. The number of carbonyl (C=O) groups excluding carboxylic acids is 2. The molecule has 1 amide bonds. The third-order valence-electron chi connectivity index (χ3n) is 5.20. The molecule has 0 aromatic heterocycles. The summed E-state index contributed by atoms with van der Waals surface area (Å²) in [6, 6.07) is 10.9. The van der Waals surface area contributed by atoms with Crippen LogP contribution in [0.3, 0.4) is 0 Å². The van der Waals surface area contributed by atoms with Crippen LogP contribution in [0, 0.1) is 5.41 Å². The number of methoxy groups -OCH3 is 4. The second-order valence-electron chi connectivity index (χ2n) is 9.02. The van der Waals surface area contributed by atoms with E-state index in [0.29, 0.717) is 34.3 Å². The van der Waals surface area contributed by atoms with Crippen LogP contribution in [0.15, 0.2) is 36.4 Å². The lowest BCUT2D eigenvalue weighted by atomic mass is 9.93. The maximum absolute atomic E-state index is 13.5. The largest absolute Gasteiger partial charge is 0.496 e. The average molecular weight is 492 g/mol. The zero-order chi connectivity index (χ0) is 25.5. The standard InChI is InChI=1S/C26H34ClNO6/c1-26(2,3)16-28(22(29)12-13-23(30)33-6)24-19(14-17(27)15-21(24)32-5)25(34-7)18-10-8-9-11-20(18)31-4/h8-11,14-15,25H,12-13,16H2,1-7H3. The van der Waals surface area contributed by atoms with Crippen molar-refractivity contribution in [2.45, 2.75) is 39.7 Å². The van der Waals surface area contributed by atoms with Crippen molar-refractivity contribution in [3.63, 3.8) is 0 Å². The van der Waals surface area contributed by atoms with E-state index in [0.717, 1.165) is 5.56 Å². The van der Waals surface area contributed by atoms with E-state index < -0.39 is 12.1 Å². The maximum Gasteiger partial charge on any atom is 0.306 e. The summed E-state index contributed by atoms with van der Waals surface area (Å²) < 4.78 is 21.9. The Morgan fingerprint density at radius 2 is 1.59 bits per heavy atom. The molecule has 0 aliphatic rings. The fourth-order valence-electron chi connectivity index (χ4n) is 3.76. The molecule has 0 fully saturated rings. The Morgan fingerprint density at radius 1 is 0.941 bits per heavy atom. The summed E-state index contributed by atoms with van der Waals surface area (Å²) in [5.74, 6) is 0.377. The SMILES string of the molecule is COC(=O)CCC(=O)N(CC(C)(C)C)c1c(OC)cc(Cl)cc1C(OC)c1ccccc1OC. The lowest BCUT2D eigenvalue weighted by Gasteiger charge is -2.34.